The van der Waals surface area contributed by atoms with E-state index < -0.39 is 0 Å². The molecule has 0 radical (unpaired) electrons. The zero-order valence-electron chi connectivity index (χ0n) is 13.3. The van der Waals surface area contributed by atoms with Crippen LogP contribution in [-0.4, -0.2) is 46.6 Å². The van der Waals surface area contributed by atoms with Gasteiger partial charge in [-0.05, 0) is 26.0 Å². The van der Waals surface area contributed by atoms with E-state index in [1.165, 1.54) is 11.8 Å². The fraction of sp³-hybridized carbons (Fsp3) is 0.438. The number of pyridine rings is 1. The average molecular weight is 332 g/mol. The van der Waals surface area contributed by atoms with Crippen molar-refractivity contribution < 1.29 is 9.32 Å². The number of hydrogen-bond acceptors (Lipinski definition) is 6. The SMILES string of the molecule is Cc1cc(CSc2ncccc2C(=O)N2CCNC(C)C2)no1. The van der Waals surface area contributed by atoms with E-state index in [0.29, 0.717) is 17.4 Å². The fourth-order valence-electron chi connectivity index (χ4n) is 2.58. The van der Waals surface area contributed by atoms with E-state index in [-0.39, 0.29) is 5.91 Å². The first-order valence-corrected chi connectivity index (χ1v) is 8.64. The van der Waals surface area contributed by atoms with Crippen molar-refractivity contribution in [2.45, 2.75) is 30.7 Å². The van der Waals surface area contributed by atoms with E-state index in [9.17, 15) is 4.79 Å². The third kappa shape index (κ3) is 3.92. The van der Waals surface area contributed by atoms with Crippen molar-refractivity contribution in [3.8, 4) is 0 Å². The molecule has 1 aliphatic heterocycles. The van der Waals surface area contributed by atoms with Gasteiger partial charge in [-0.2, -0.15) is 0 Å². The molecule has 0 aromatic carbocycles. The van der Waals surface area contributed by atoms with E-state index in [1.807, 2.05) is 30.0 Å². The van der Waals surface area contributed by atoms with Gasteiger partial charge in [-0.15, -0.1) is 0 Å². The van der Waals surface area contributed by atoms with Gasteiger partial charge in [0.05, 0.1) is 11.3 Å². The fourth-order valence-corrected chi connectivity index (χ4v) is 3.45. The van der Waals surface area contributed by atoms with Crippen LogP contribution >= 0.6 is 11.8 Å². The van der Waals surface area contributed by atoms with E-state index in [2.05, 4.69) is 22.4 Å². The van der Waals surface area contributed by atoms with Gasteiger partial charge in [-0.3, -0.25) is 4.79 Å². The summed E-state index contributed by atoms with van der Waals surface area (Å²) in [6.45, 7) is 6.23. The summed E-state index contributed by atoms with van der Waals surface area (Å²) in [5, 5.41) is 8.07. The second-order valence-corrected chi connectivity index (χ2v) is 6.64. The molecule has 2 aromatic rings. The monoisotopic (exact) mass is 332 g/mol. The van der Waals surface area contributed by atoms with Crippen LogP contribution in [0.1, 0.15) is 28.7 Å². The number of carbonyl (C=O) groups excluding carboxylic acids is 1. The summed E-state index contributed by atoms with van der Waals surface area (Å²) in [4.78, 5) is 19.1. The van der Waals surface area contributed by atoms with Crippen molar-refractivity contribution in [3.05, 3.63) is 41.4 Å². The molecule has 7 heteroatoms. The number of carbonyl (C=O) groups is 1. The third-order valence-corrected chi connectivity index (χ3v) is 4.73. The number of nitrogens with zero attached hydrogens (tertiary/aromatic N) is 3. The first-order valence-electron chi connectivity index (χ1n) is 7.66. The molecule has 3 rings (SSSR count). The van der Waals surface area contributed by atoms with Gasteiger partial charge in [0.1, 0.15) is 10.8 Å². The zero-order valence-corrected chi connectivity index (χ0v) is 14.1. The van der Waals surface area contributed by atoms with Crippen LogP contribution in [0.3, 0.4) is 0 Å². The molecule has 0 aliphatic carbocycles. The van der Waals surface area contributed by atoms with Crippen molar-refractivity contribution in [3.63, 3.8) is 0 Å². The molecule has 0 spiro atoms. The minimum atomic E-state index is 0.0466. The van der Waals surface area contributed by atoms with Gasteiger partial charge in [-0.1, -0.05) is 16.9 Å². The molecule has 1 N–H and O–H groups in total. The molecule has 1 aliphatic rings. The molecule has 2 aromatic heterocycles. The Morgan fingerprint density at radius 2 is 2.43 bits per heavy atom. The van der Waals surface area contributed by atoms with Gasteiger partial charge in [0, 0.05) is 43.7 Å². The molecule has 3 heterocycles. The number of thioether (sulfide) groups is 1. The highest BCUT2D eigenvalue weighted by Gasteiger charge is 2.24. The Morgan fingerprint density at radius 3 is 3.17 bits per heavy atom. The first kappa shape index (κ1) is 16.0. The number of rotatable bonds is 4. The Hall–Kier alpha value is -1.86. The van der Waals surface area contributed by atoms with Crippen LogP contribution in [-0.2, 0) is 5.75 Å². The molecule has 0 saturated carbocycles. The third-order valence-electron chi connectivity index (χ3n) is 3.69. The Bertz CT molecular complexity index is 688. The summed E-state index contributed by atoms with van der Waals surface area (Å²) in [7, 11) is 0. The topological polar surface area (TPSA) is 71.3 Å². The largest absolute Gasteiger partial charge is 0.361 e. The van der Waals surface area contributed by atoms with Gasteiger partial charge < -0.3 is 14.7 Å². The molecular weight excluding hydrogens is 312 g/mol. The minimum absolute atomic E-state index is 0.0466. The van der Waals surface area contributed by atoms with E-state index in [0.717, 1.165) is 36.1 Å². The Labute approximate surface area is 139 Å². The van der Waals surface area contributed by atoms with Crippen molar-refractivity contribution >= 4 is 17.7 Å². The summed E-state index contributed by atoms with van der Waals surface area (Å²) in [5.74, 6) is 1.46. The lowest BCUT2D eigenvalue weighted by atomic mass is 10.2. The van der Waals surface area contributed by atoms with E-state index in [4.69, 9.17) is 4.52 Å². The lowest BCUT2D eigenvalue weighted by Gasteiger charge is -2.32. The summed E-state index contributed by atoms with van der Waals surface area (Å²) in [5.41, 5.74) is 1.51. The highest BCUT2D eigenvalue weighted by atomic mass is 32.2. The summed E-state index contributed by atoms with van der Waals surface area (Å²) < 4.78 is 5.07. The number of aromatic nitrogens is 2. The molecule has 6 nitrogen and oxygen atoms in total. The lowest BCUT2D eigenvalue weighted by molar-refractivity contribution is 0.0704. The normalized spacial score (nSPS) is 18.2. The maximum atomic E-state index is 12.8. The summed E-state index contributed by atoms with van der Waals surface area (Å²) in [6, 6.07) is 5.87. The highest BCUT2D eigenvalue weighted by molar-refractivity contribution is 7.98. The predicted molar refractivity (Wildman–Crippen MR) is 88.4 cm³/mol. The van der Waals surface area contributed by atoms with Crippen LogP contribution in [0.25, 0.3) is 0 Å². The summed E-state index contributed by atoms with van der Waals surface area (Å²) >= 11 is 1.51. The zero-order chi connectivity index (χ0) is 16.2. The molecule has 1 saturated heterocycles. The van der Waals surface area contributed by atoms with Crippen LogP contribution in [0, 0.1) is 6.92 Å². The molecule has 1 atom stereocenters. The van der Waals surface area contributed by atoms with Gasteiger partial charge in [-0.25, -0.2) is 4.98 Å². The van der Waals surface area contributed by atoms with Crippen molar-refractivity contribution in [2.24, 2.45) is 0 Å². The molecule has 1 fully saturated rings. The van der Waals surface area contributed by atoms with Crippen LogP contribution in [0.2, 0.25) is 0 Å². The van der Waals surface area contributed by atoms with Gasteiger partial charge in [0.2, 0.25) is 0 Å². The highest BCUT2D eigenvalue weighted by Crippen LogP contribution is 2.25. The van der Waals surface area contributed by atoms with Crippen LogP contribution in [0.5, 0.6) is 0 Å². The van der Waals surface area contributed by atoms with Crippen molar-refractivity contribution in [1.82, 2.24) is 20.4 Å². The maximum absolute atomic E-state index is 12.8. The Morgan fingerprint density at radius 1 is 1.57 bits per heavy atom. The molecular formula is C16H20N4O2S. The standard InChI is InChI=1S/C16H20N4O2S/c1-11-9-20(7-6-17-11)16(21)14-4-3-5-18-15(14)23-10-13-8-12(2)22-19-13/h3-5,8,11,17H,6-7,9-10H2,1-2H3. The molecule has 122 valence electrons. The number of piperazine rings is 1. The predicted octanol–water partition coefficient (Wildman–Crippen LogP) is 2.10. The van der Waals surface area contributed by atoms with Gasteiger partial charge >= 0.3 is 0 Å². The van der Waals surface area contributed by atoms with Crippen LogP contribution < -0.4 is 5.32 Å². The number of amides is 1. The van der Waals surface area contributed by atoms with Crippen molar-refractivity contribution in [2.75, 3.05) is 19.6 Å². The quantitative estimate of drug-likeness (QED) is 0.865. The minimum Gasteiger partial charge on any atom is -0.361 e. The van der Waals surface area contributed by atoms with Gasteiger partial charge in [0.25, 0.3) is 5.91 Å². The second kappa shape index (κ2) is 7.14. The van der Waals surface area contributed by atoms with Crippen molar-refractivity contribution in [1.29, 1.82) is 0 Å². The molecule has 23 heavy (non-hydrogen) atoms. The Balaban J connectivity index is 1.73. The average Bonchev–Trinajstić information content (AvgIpc) is 2.98. The van der Waals surface area contributed by atoms with Gasteiger partial charge in [0.15, 0.2) is 0 Å². The number of aryl methyl sites for hydroxylation is 1. The van der Waals surface area contributed by atoms with E-state index in [1.54, 1.807) is 6.20 Å². The van der Waals surface area contributed by atoms with Crippen LogP contribution in [0.15, 0.2) is 33.9 Å². The maximum Gasteiger partial charge on any atom is 0.256 e. The van der Waals surface area contributed by atoms with Crippen LogP contribution in [0.4, 0.5) is 0 Å². The Kier molecular flexibility index (Phi) is 4.97. The first-order chi connectivity index (χ1) is 11.1. The molecule has 1 amide bonds. The smallest absolute Gasteiger partial charge is 0.256 e. The lowest BCUT2D eigenvalue weighted by Crippen LogP contribution is -2.51. The second-order valence-electron chi connectivity index (χ2n) is 5.68. The molecule has 0 bridgehead atoms. The number of hydrogen-bond donors (Lipinski definition) is 1. The summed E-state index contributed by atoms with van der Waals surface area (Å²) in [6.07, 6.45) is 1.72. The molecule has 1 unspecified atom stereocenters. The number of nitrogens with one attached hydrogen (secondary N) is 1. The van der Waals surface area contributed by atoms with E-state index >= 15 is 0 Å².